The van der Waals surface area contributed by atoms with Crippen LogP contribution in [0.3, 0.4) is 0 Å². The molecular weight excluding hydrogens is 347 g/mol. The van der Waals surface area contributed by atoms with Gasteiger partial charge in [0, 0.05) is 6.08 Å². The molecule has 0 saturated carbocycles. The molecule has 0 aromatic rings. The van der Waals surface area contributed by atoms with Crippen LogP contribution < -0.4 is 4.13 Å². The Balaban J connectivity index is 4.47. The van der Waals surface area contributed by atoms with Crippen molar-refractivity contribution in [3.05, 3.63) is 12.7 Å². The molecule has 0 fully saturated rings. The molecule has 0 unspecified atom stereocenters. The molecule has 0 rings (SSSR count). The number of halogens is 3. The van der Waals surface area contributed by atoms with Crippen LogP contribution in [-0.4, -0.2) is 47.9 Å². The molecule has 0 aromatic carbocycles. The van der Waals surface area contributed by atoms with Gasteiger partial charge in [-0.15, -0.1) is 0 Å². The monoisotopic (exact) mass is 357 g/mol. The van der Waals surface area contributed by atoms with Crippen molar-refractivity contribution < 1.29 is 48.8 Å². The van der Waals surface area contributed by atoms with E-state index in [9.17, 15) is 34.8 Å². The molecule has 0 amide bonds. The fourth-order valence-electron chi connectivity index (χ4n) is 0.674. The Morgan fingerprint density at radius 2 is 1.86 bits per heavy atom. The SMILES string of the molecule is C=CC(=O)OOCCS(=O)(=O)NS(=O)(=O)OC(F)(F)CF. The standard InChI is InChI=1S/C7H10F3NO8S2/c1-2-6(12)18-17-3-4-20(13,14)11-21(15,16)19-7(9,10)5-8/h2,11H,1,3-5H2. The van der Waals surface area contributed by atoms with Crippen molar-refractivity contribution >= 4 is 26.3 Å². The number of nitrogens with one attached hydrogen (secondary N) is 1. The summed E-state index contributed by atoms with van der Waals surface area (Å²) in [5, 5.41) is 0. The number of alkyl halides is 3. The van der Waals surface area contributed by atoms with Crippen molar-refractivity contribution in [2.45, 2.75) is 6.11 Å². The van der Waals surface area contributed by atoms with E-state index < -0.39 is 51.4 Å². The van der Waals surface area contributed by atoms with Crippen LogP contribution in [0.5, 0.6) is 0 Å². The first kappa shape index (κ1) is 19.8. The van der Waals surface area contributed by atoms with Gasteiger partial charge in [0.25, 0.3) is 0 Å². The number of rotatable bonds is 10. The summed E-state index contributed by atoms with van der Waals surface area (Å²) in [5.74, 6) is -2.12. The van der Waals surface area contributed by atoms with E-state index in [4.69, 9.17) is 0 Å². The Morgan fingerprint density at radius 3 is 2.33 bits per heavy atom. The topological polar surface area (TPSA) is 125 Å². The average Bonchev–Trinajstić information content (AvgIpc) is 2.31. The molecule has 124 valence electrons. The lowest BCUT2D eigenvalue weighted by Gasteiger charge is -2.13. The summed E-state index contributed by atoms with van der Waals surface area (Å²) in [6.45, 7) is -0.297. The molecule has 0 aliphatic carbocycles. The van der Waals surface area contributed by atoms with E-state index in [1.807, 2.05) is 0 Å². The van der Waals surface area contributed by atoms with Crippen molar-refractivity contribution in [1.29, 1.82) is 0 Å². The summed E-state index contributed by atoms with van der Waals surface area (Å²) in [5.41, 5.74) is 0. The Morgan fingerprint density at radius 1 is 1.29 bits per heavy atom. The Kier molecular flexibility index (Phi) is 7.25. The van der Waals surface area contributed by atoms with Crippen molar-refractivity contribution in [2.24, 2.45) is 0 Å². The van der Waals surface area contributed by atoms with E-state index in [1.165, 1.54) is 0 Å². The molecule has 21 heavy (non-hydrogen) atoms. The predicted octanol–water partition coefficient (Wildman–Crippen LogP) is -0.610. The number of hydrogen-bond donors (Lipinski definition) is 1. The van der Waals surface area contributed by atoms with Crippen LogP contribution in [-0.2, 0) is 39.1 Å². The molecule has 0 spiro atoms. The van der Waals surface area contributed by atoms with Gasteiger partial charge in [-0.25, -0.2) is 17.6 Å². The zero-order chi connectivity index (χ0) is 16.7. The first-order valence-electron chi connectivity index (χ1n) is 4.79. The molecule has 0 aliphatic heterocycles. The summed E-state index contributed by atoms with van der Waals surface area (Å²) in [4.78, 5) is 18.5. The molecule has 0 heterocycles. The van der Waals surface area contributed by atoms with E-state index in [0.717, 1.165) is 4.13 Å². The normalized spacial score (nSPS) is 12.9. The molecule has 0 atom stereocenters. The molecule has 0 aromatic heterocycles. The average molecular weight is 357 g/mol. The second kappa shape index (κ2) is 7.69. The van der Waals surface area contributed by atoms with Crippen LogP contribution in [0.2, 0.25) is 0 Å². The van der Waals surface area contributed by atoms with Gasteiger partial charge in [0.2, 0.25) is 10.0 Å². The van der Waals surface area contributed by atoms with Crippen molar-refractivity contribution in [2.75, 3.05) is 19.0 Å². The number of carbonyl (C=O) groups excluding carboxylic acids is 1. The predicted molar refractivity (Wildman–Crippen MR) is 60.1 cm³/mol. The lowest BCUT2D eigenvalue weighted by atomic mass is 10.7. The van der Waals surface area contributed by atoms with Crippen LogP contribution in [0, 0.1) is 0 Å². The maximum atomic E-state index is 12.4. The van der Waals surface area contributed by atoms with Gasteiger partial charge in [0.05, 0.1) is 5.75 Å². The van der Waals surface area contributed by atoms with Gasteiger partial charge >= 0.3 is 22.4 Å². The fraction of sp³-hybridized carbons (Fsp3) is 0.571. The van der Waals surface area contributed by atoms with Gasteiger partial charge in [-0.1, -0.05) is 10.7 Å². The summed E-state index contributed by atoms with van der Waals surface area (Å²) in [7, 11) is -10.2. The molecule has 0 aliphatic rings. The van der Waals surface area contributed by atoms with Crippen LogP contribution in [0.25, 0.3) is 0 Å². The highest BCUT2D eigenvalue weighted by Crippen LogP contribution is 2.18. The zero-order valence-corrected chi connectivity index (χ0v) is 11.8. The highest BCUT2D eigenvalue weighted by atomic mass is 32.3. The lowest BCUT2D eigenvalue weighted by Crippen LogP contribution is -2.39. The van der Waals surface area contributed by atoms with Gasteiger partial charge in [-0.3, -0.25) is 4.89 Å². The maximum Gasteiger partial charge on any atom is 0.398 e. The molecular formula is C7H10F3NO8S2. The van der Waals surface area contributed by atoms with Gasteiger partial charge in [0.1, 0.15) is 6.61 Å². The van der Waals surface area contributed by atoms with Crippen molar-refractivity contribution in [3.8, 4) is 0 Å². The third kappa shape index (κ3) is 9.35. The highest BCUT2D eigenvalue weighted by Gasteiger charge is 2.38. The highest BCUT2D eigenvalue weighted by molar-refractivity contribution is 8.02. The van der Waals surface area contributed by atoms with Crippen LogP contribution in [0.4, 0.5) is 13.2 Å². The maximum absolute atomic E-state index is 12.4. The second-order valence-corrected chi connectivity index (χ2v) is 6.52. The second-order valence-electron chi connectivity index (χ2n) is 3.14. The first-order valence-corrected chi connectivity index (χ1v) is 7.85. The van der Waals surface area contributed by atoms with Gasteiger partial charge in [-0.05, 0) is 0 Å². The minimum Gasteiger partial charge on any atom is -0.294 e. The van der Waals surface area contributed by atoms with E-state index in [0.29, 0.717) is 6.08 Å². The smallest absolute Gasteiger partial charge is 0.294 e. The number of sulfonamides is 1. The minimum absolute atomic E-state index is 0.699. The molecule has 14 heteroatoms. The molecule has 1 N–H and O–H groups in total. The van der Waals surface area contributed by atoms with Gasteiger partial charge in [0.15, 0.2) is 6.67 Å². The first-order chi connectivity index (χ1) is 9.43. The van der Waals surface area contributed by atoms with Gasteiger partial charge < -0.3 is 0 Å². The summed E-state index contributed by atoms with van der Waals surface area (Å²) >= 11 is 0. The molecule has 0 radical (unpaired) electrons. The molecule has 9 nitrogen and oxygen atoms in total. The Bertz CT molecular complexity index is 573. The summed E-state index contributed by atoms with van der Waals surface area (Å²) in [6.07, 6.45) is -4.01. The van der Waals surface area contributed by atoms with E-state index in [1.54, 1.807) is 0 Å². The zero-order valence-electron chi connectivity index (χ0n) is 10.1. The van der Waals surface area contributed by atoms with E-state index in [-0.39, 0.29) is 0 Å². The molecule has 0 saturated heterocycles. The fourth-order valence-corrected chi connectivity index (χ4v) is 3.04. The lowest BCUT2D eigenvalue weighted by molar-refractivity contribution is -0.263. The Hall–Kier alpha value is -1.22. The van der Waals surface area contributed by atoms with Crippen molar-refractivity contribution in [3.63, 3.8) is 0 Å². The molecule has 0 bridgehead atoms. The van der Waals surface area contributed by atoms with Crippen molar-refractivity contribution in [1.82, 2.24) is 4.13 Å². The third-order valence-corrected chi connectivity index (χ3v) is 4.36. The van der Waals surface area contributed by atoms with Crippen LogP contribution in [0.1, 0.15) is 0 Å². The third-order valence-electron chi connectivity index (χ3n) is 1.36. The minimum atomic E-state index is -5.47. The quantitative estimate of drug-likeness (QED) is 0.238. The largest absolute Gasteiger partial charge is 0.398 e. The van der Waals surface area contributed by atoms with Gasteiger partial charge in [-0.2, -0.15) is 26.3 Å². The number of carbonyl (C=O) groups is 1. The van der Waals surface area contributed by atoms with Crippen LogP contribution in [0.15, 0.2) is 12.7 Å². The van der Waals surface area contributed by atoms with E-state index in [2.05, 4.69) is 20.5 Å². The summed E-state index contributed by atoms with van der Waals surface area (Å²) in [6, 6.07) is 0. The van der Waals surface area contributed by atoms with Crippen LogP contribution >= 0.6 is 0 Å². The summed E-state index contributed by atoms with van der Waals surface area (Å²) < 4.78 is 84.4. The van der Waals surface area contributed by atoms with E-state index >= 15 is 0 Å². The number of hydrogen-bond acceptors (Lipinski definition) is 8. The Labute approximate surface area is 117 Å².